The number of aromatic nitrogens is 2. The van der Waals surface area contributed by atoms with Gasteiger partial charge in [0.2, 0.25) is 0 Å². The SMILES string of the molecule is Cn1cc(C2BOOC2)cn1. The van der Waals surface area contributed by atoms with Crippen LogP contribution in [0.3, 0.4) is 0 Å². The van der Waals surface area contributed by atoms with Gasteiger partial charge in [-0.3, -0.25) is 9.57 Å². The first kappa shape index (κ1) is 6.88. The Morgan fingerprint density at radius 2 is 2.73 bits per heavy atom. The van der Waals surface area contributed by atoms with Crippen molar-refractivity contribution in [3.63, 3.8) is 0 Å². The molecule has 5 heteroatoms. The normalized spacial score (nSPS) is 23.5. The lowest BCUT2D eigenvalue weighted by Crippen LogP contribution is -2.02. The third-order valence-electron chi connectivity index (χ3n) is 1.82. The minimum absolute atomic E-state index is 0.365. The van der Waals surface area contributed by atoms with Crippen LogP contribution in [0.15, 0.2) is 12.4 Å². The number of hydrogen-bond acceptors (Lipinski definition) is 3. The predicted molar refractivity (Wildman–Crippen MR) is 40.1 cm³/mol. The summed E-state index contributed by atoms with van der Waals surface area (Å²) in [7, 11) is 2.55. The average Bonchev–Trinajstić information content (AvgIpc) is 2.55. The Kier molecular flexibility index (Phi) is 1.67. The fraction of sp³-hybridized carbons (Fsp3) is 0.500. The topological polar surface area (TPSA) is 36.3 Å². The maximum atomic E-state index is 4.78. The molecule has 58 valence electrons. The van der Waals surface area contributed by atoms with Gasteiger partial charge in [-0.2, -0.15) is 5.10 Å². The minimum Gasteiger partial charge on any atom is -0.309 e. The molecular formula is C6H9BN2O2. The fourth-order valence-corrected chi connectivity index (χ4v) is 1.15. The van der Waals surface area contributed by atoms with Crippen LogP contribution in [0.5, 0.6) is 0 Å². The molecule has 2 heterocycles. The smallest absolute Gasteiger partial charge is 0.309 e. The van der Waals surface area contributed by atoms with Crippen molar-refractivity contribution >= 4 is 7.48 Å². The van der Waals surface area contributed by atoms with Gasteiger partial charge in [0.25, 0.3) is 0 Å². The summed E-state index contributed by atoms with van der Waals surface area (Å²) in [6.07, 6.45) is 3.84. The van der Waals surface area contributed by atoms with Crippen molar-refractivity contribution in [3.8, 4) is 0 Å². The van der Waals surface area contributed by atoms with Gasteiger partial charge in [-0.15, -0.1) is 0 Å². The Bertz CT molecular complexity index is 244. The van der Waals surface area contributed by atoms with E-state index in [0.29, 0.717) is 19.9 Å². The molecule has 1 unspecified atom stereocenters. The van der Waals surface area contributed by atoms with Gasteiger partial charge in [0.05, 0.1) is 12.8 Å². The van der Waals surface area contributed by atoms with E-state index in [-0.39, 0.29) is 0 Å². The standard InChI is InChI=1S/C6H9BN2O2/c1-9-3-5(2-8-9)6-4-10-11-7-6/h2-3,6-7H,4H2,1H3. The highest BCUT2D eigenvalue weighted by Crippen LogP contribution is 2.18. The molecule has 0 N–H and O–H groups in total. The van der Waals surface area contributed by atoms with Gasteiger partial charge in [-0.1, -0.05) is 0 Å². The van der Waals surface area contributed by atoms with Crippen LogP contribution >= 0.6 is 0 Å². The lowest BCUT2D eigenvalue weighted by atomic mass is 9.78. The number of nitrogens with zero attached hydrogens (tertiary/aromatic N) is 2. The fourth-order valence-electron chi connectivity index (χ4n) is 1.15. The van der Waals surface area contributed by atoms with Crippen molar-refractivity contribution in [2.75, 3.05) is 6.61 Å². The molecule has 0 saturated carbocycles. The molecule has 0 amide bonds. The molecule has 1 saturated heterocycles. The molecule has 1 aromatic heterocycles. The van der Waals surface area contributed by atoms with Crippen molar-refractivity contribution in [1.29, 1.82) is 0 Å². The van der Waals surface area contributed by atoms with Gasteiger partial charge in [-0.25, -0.2) is 0 Å². The summed E-state index contributed by atoms with van der Waals surface area (Å²) in [4.78, 5) is 9.57. The molecule has 0 bridgehead atoms. The van der Waals surface area contributed by atoms with E-state index in [4.69, 9.17) is 9.69 Å². The Morgan fingerprint density at radius 1 is 1.82 bits per heavy atom. The highest BCUT2D eigenvalue weighted by atomic mass is 17.2. The zero-order chi connectivity index (χ0) is 7.68. The van der Waals surface area contributed by atoms with E-state index >= 15 is 0 Å². The molecule has 1 aliphatic heterocycles. The first-order valence-corrected chi connectivity index (χ1v) is 3.59. The Balaban J connectivity index is 2.15. The van der Waals surface area contributed by atoms with Crippen molar-refractivity contribution < 1.29 is 9.69 Å². The van der Waals surface area contributed by atoms with E-state index in [1.807, 2.05) is 19.4 Å². The Morgan fingerprint density at radius 3 is 3.27 bits per heavy atom. The summed E-state index contributed by atoms with van der Waals surface area (Å²) in [5, 5.41) is 4.07. The van der Waals surface area contributed by atoms with Gasteiger partial charge < -0.3 is 4.81 Å². The lowest BCUT2D eigenvalue weighted by molar-refractivity contribution is -0.183. The molecule has 0 spiro atoms. The highest BCUT2D eigenvalue weighted by molar-refractivity contribution is 6.30. The van der Waals surface area contributed by atoms with Crippen LogP contribution in [0.1, 0.15) is 11.4 Å². The van der Waals surface area contributed by atoms with Gasteiger partial charge >= 0.3 is 7.48 Å². The van der Waals surface area contributed by atoms with Crippen LogP contribution in [0.2, 0.25) is 0 Å². The molecule has 1 aromatic rings. The number of rotatable bonds is 1. The number of aryl methyl sites for hydroxylation is 1. The van der Waals surface area contributed by atoms with Gasteiger partial charge in [0.1, 0.15) is 0 Å². The second kappa shape index (κ2) is 2.67. The van der Waals surface area contributed by atoms with E-state index in [1.165, 1.54) is 5.56 Å². The minimum atomic E-state index is 0.365. The average molecular weight is 152 g/mol. The molecule has 0 radical (unpaired) electrons. The molecule has 2 rings (SSSR count). The van der Waals surface area contributed by atoms with Gasteiger partial charge in [0.15, 0.2) is 0 Å². The number of hydrogen-bond donors (Lipinski definition) is 0. The van der Waals surface area contributed by atoms with Crippen molar-refractivity contribution in [2.45, 2.75) is 5.82 Å². The van der Waals surface area contributed by atoms with Crippen LogP contribution < -0.4 is 0 Å². The molecule has 11 heavy (non-hydrogen) atoms. The monoisotopic (exact) mass is 152 g/mol. The lowest BCUT2D eigenvalue weighted by Gasteiger charge is -1.96. The maximum absolute atomic E-state index is 4.78. The van der Waals surface area contributed by atoms with Gasteiger partial charge in [0, 0.05) is 19.1 Å². The summed E-state index contributed by atoms with van der Waals surface area (Å²) in [5.41, 5.74) is 1.19. The van der Waals surface area contributed by atoms with E-state index in [0.717, 1.165) is 0 Å². The zero-order valence-electron chi connectivity index (χ0n) is 6.36. The van der Waals surface area contributed by atoms with Gasteiger partial charge in [-0.05, 0) is 5.56 Å². The van der Waals surface area contributed by atoms with E-state index in [2.05, 4.69) is 5.10 Å². The molecule has 0 aromatic carbocycles. The van der Waals surface area contributed by atoms with Crippen molar-refractivity contribution in [1.82, 2.24) is 9.78 Å². The largest absolute Gasteiger partial charge is 0.333 e. The van der Waals surface area contributed by atoms with Crippen LogP contribution in [-0.4, -0.2) is 23.9 Å². The molecule has 0 aliphatic carbocycles. The summed E-state index contributed by atoms with van der Waals surface area (Å²) >= 11 is 0. The van der Waals surface area contributed by atoms with Crippen LogP contribution in [0.4, 0.5) is 0 Å². The Hall–Kier alpha value is -0.805. The summed E-state index contributed by atoms with van der Waals surface area (Å²) in [6.45, 7) is 0.645. The highest BCUT2D eigenvalue weighted by Gasteiger charge is 2.22. The summed E-state index contributed by atoms with van der Waals surface area (Å²) < 4.78 is 1.79. The molecular weight excluding hydrogens is 143 g/mol. The van der Waals surface area contributed by atoms with Crippen LogP contribution in [0.25, 0.3) is 0 Å². The summed E-state index contributed by atoms with van der Waals surface area (Å²) in [6, 6.07) is 0. The van der Waals surface area contributed by atoms with E-state index in [1.54, 1.807) is 4.68 Å². The molecule has 1 aliphatic rings. The molecule has 1 fully saturated rings. The van der Waals surface area contributed by atoms with Crippen molar-refractivity contribution in [2.24, 2.45) is 7.05 Å². The molecule has 1 atom stereocenters. The maximum Gasteiger partial charge on any atom is 0.333 e. The zero-order valence-corrected chi connectivity index (χ0v) is 6.36. The van der Waals surface area contributed by atoms with Crippen molar-refractivity contribution in [3.05, 3.63) is 18.0 Å². The summed E-state index contributed by atoms with van der Waals surface area (Å²) in [5.74, 6) is 0.365. The second-order valence-corrected chi connectivity index (χ2v) is 2.71. The third kappa shape index (κ3) is 1.29. The predicted octanol–water partition coefficient (Wildman–Crippen LogP) is -0.226. The molecule has 4 nitrogen and oxygen atoms in total. The first-order chi connectivity index (χ1) is 5.36. The first-order valence-electron chi connectivity index (χ1n) is 3.59. The second-order valence-electron chi connectivity index (χ2n) is 2.71. The Labute approximate surface area is 65.3 Å². The van der Waals surface area contributed by atoms with Crippen LogP contribution in [-0.2, 0) is 16.7 Å². The van der Waals surface area contributed by atoms with E-state index in [9.17, 15) is 0 Å². The van der Waals surface area contributed by atoms with Crippen LogP contribution in [0, 0.1) is 0 Å². The quantitative estimate of drug-likeness (QED) is 0.412. The van der Waals surface area contributed by atoms with E-state index < -0.39 is 0 Å². The third-order valence-corrected chi connectivity index (χ3v) is 1.82.